The minimum absolute atomic E-state index is 0.682. The number of pyridine rings is 1. The molecule has 1 aromatic heterocycles. The van der Waals surface area contributed by atoms with E-state index in [2.05, 4.69) is 29.9 Å². The first-order valence-corrected chi connectivity index (χ1v) is 6.14. The summed E-state index contributed by atoms with van der Waals surface area (Å²) in [5, 5.41) is 0. The number of hydrogen-bond acceptors (Lipinski definition) is 3. The Bertz CT molecular complexity index is 299. The van der Waals surface area contributed by atoms with Crippen molar-refractivity contribution in [1.82, 2.24) is 4.98 Å². The normalized spacial score (nSPS) is 10.4. The summed E-state index contributed by atoms with van der Waals surface area (Å²) in [7, 11) is 2.11. The molecule has 0 bridgehead atoms. The van der Waals surface area contributed by atoms with E-state index in [-0.39, 0.29) is 0 Å². The fourth-order valence-corrected chi connectivity index (χ4v) is 1.83. The van der Waals surface area contributed by atoms with Gasteiger partial charge in [0, 0.05) is 19.8 Å². The van der Waals surface area contributed by atoms with Gasteiger partial charge in [-0.3, -0.25) is 0 Å². The Labute approximate surface area is 98.7 Å². The van der Waals surface area contributed by atoms with E-state index in [0.29, 0.717) is 6.54 Å². The van der Waals surface area contributed by atoms with E-state index in [1.54, 1.807) is 0 Å². The predicted molar refractivity (Wildman–Crippen MR) is 69.8 cm³/mol. The monoisotopic (exact) mass is 221 g/mol. The van der Waals surface area contributed by atoms with Gasteiger partial charge in [0.1, 0.15) is 5.82 Å². The van der Waals surface area contributed by atoms with Crippen molar-refractivity contribution in [2.45, 2.75) is 32.6 Å². The predicted octanol–water partition coefficient (Wildman–Crippen LogP) is 2.21. The summed E-state index contributed by atoms with van der Waals surface area (Å²) in [5.74, 6) is 1.09. The molecular formula is C13H23N3. The van der Waals surface area contributed by atoms with Crippen LogP contribution in [-0.4, -0.2) is 25.1 Å². The highest BCUT2D eigenvalue weighted by Gasteiger charge is 2.07. The fourth-order valence-electron chi connectivity index (χ4n) is 1.83. The van der Waals surface area contributed by atoms with Crippen LogP contribution in [0.2, 0.25) is 0 Å². The van der Waals surface area contributed by atoms with Crippen LogP contribution in [0.25, 0.3) is 0 Å². The van der Waals surface area contributed by atoms with Crippen LogP contribution in [0.4, 0.5) is 5.82 Å². The topological polar surface area (TPSA) is 42.2 Å². The summed E-state index contributed by atoms with van der Waals surface area (Å²) < 4.78 is 0. The SMILES string of the molecule is CCCCCN(C)c1ncccc1CCN. The molecule has 0 aliphatic carbocycles. The third-order valence-electron chi connectivity index (χ3n) is 2.74. The number of nitrogens with zero attached hydrogens (tertiary/aromatic N) is 2. The highest BCUT2D eigenvalue weighted by atomic mass is 15.2. The van der Waals surface area contributed by atoms with E-state index in [1.165, 1.54) is 24.8 Å². The molecule has 0 fully saturated rings. The van der Waals surface area contributed by atoms with Gasteiger partial charge in [0.05, 0.1) is 0 Å². The highest BCUT2D eigenvalue weighted by molar-refractivity contribution is 5.46. The Morgan fingerprint density at radius 1 is 1.38 bits per heavy atom. The molecule has 0 aliphatic rings. The van der Waals surface area contributed by atoms with Gasteiger partial charge < -0.3 is 10.6 Å². The van der Waals surface area contributed by atoms with Gasteiger partial charge in [0.2, 0.25) is 0 Å². The van der Waals surface area contributed by atoms with Crippen LogP contribution in [0.5, 0.6) is 0 Å². The van der Waals surface area contributed by atoms with Crippen LogP contribution < -0.4 is 10.6 Å². The lowest BCUT2D eigenvalue weighted by atomic mass is 10.1. The Balaban J connectivity index is 2.62. The van der Waals surface area contributed by atoms with Gasteiger partial charge in [-0.15, -0.1) is 0 Å². The van der Waals surface area contributed by atoms with Crippen LogP contribution in [-0.2, 0) is 6.42 Å². The Kier molecular flexibility index (Phi) is 5.86. The maximum absolute atomic E-state index is 5.60. The molecular weight excluding hydrogens is 198 g/mol. The zero-order valence-electron chi connectivity index (χ0n) is 10.4. The van der Waals surface area contributed by atoms with E-state index in [9.17, 15) is 0 Å². The molecule has 0 unspecified atom stereocenters. The lowest BCUT2D eigenvalue weighted by Gasteiger charge is -2.20. The maximum Gasteiger partial charge on any atom is 0.131 e. The second-order valence-electron chi connectivity index (χ2n) is 4.15. The summed E-state index contributed by atoms with van der Waals surface area (Å²) in [6, 6.07) is 4.10. The highest BCUT2D eigenvalue weighted by Crippen LogP contribution is 2.16. The summed E-state index contributed by atoms with van der Waals surface area (Å²) in [6.07, 6.45) is 6.52. The number of hydrogen-bond donors (Lipinski definition) is 1. The molecule has 1 heterocycles. The van der Waals surface area contributed by atoms with Gasteiger partial charge in [-0.2, -0.15) is 0 Å². The molecule has 0 aliphatic heterocycles. The second kappa shape index (κ2) is 7.23. The van der Waals surface area contributed by atoms with Crippen LogP contribution >= 0.6 is 0 Å². The van der Waals surface area contributed by atoms with Crippen LogP contribution in [0.3, 0.4) is 0 Å². The van der Waals surface area contributed by atoms with Crippen LogP contribution in [0.1, 0.15) is 31.7 Å². The van der Waals surface area contributed by atoms with Crippen LogP contribution in [0, 0.1) is 0 Å². The summed E-state index contributed by atoms with van der Waals surface area (Å²) in [5.41, 5.74) is 6.86. The molecule has 3 heteroatoms. The van der Waals surface area contributed by atoms with Crippen molar-refractivity contribution in [2.24, 2.45) is 5.73 Å². The Morgan fingerprint density at radius 3 is 2.88 bits per heavy atom. The number of anilines is 1. The first-order chi connectivity index (χ1) is 7.79. The molecule has 16 heavy (non-hydrogen) atoms. The summed E-state index contributed by atoms with van der Waals surface area (Å²) in [4.78, 5) is 6.68. The van der Waals surface area contributed by atoms with Gasteiger partial charge in [-0.05, 0) is 31.0 Å². The average molecular weight is 221 g/mol. The smallest absolute Gasteiger partial charge is 0.131 e. The van der Waals surface area contributed by atoms with E-state index in [0.717, 1.165) is 18.8 Å². The maximum atomic E-state index is 5.60. The minimum Gasteiger partial charge on any atom is -0.359 e. The largest absolute Gasteiger partial charge is 0.359 e. The third-order valence-corrected chi connectivity index (χ3v) is 2.74. The standard InChI is InChI=1S/C13H23N3/c1-3-4-5-11-16(2)13-12(8-9-14)7-6-10-15-13/h6-7,10H,3-5,8-9,11,14H2,1-2H3. The van der Waals surface area contributed by atoms with Crippen molar-refractivity contribution in [3.05, 3.63) is 23.9 Å². The summed E-state index contributed by atoms with van der Waals surface area (Å²) >= 11 is 0. The molecule has 2 N–H and O–H groups in total. The molecule has 1 rings (SSSR count). The second-order valence-corrected chi connectivity index (χ2v) is 4.15. The van der Waals surface area contributed by atoms with Crippen molar-refractivity contribution in [3.63, 3.8) is 0 Å². The number of rotatable bonds is 7. The van der Waals surface area contributed by atoms with Gasteiger partial charge in [-0.1, -0.05) is 25.8 Å². The molecule has 0 radical (unpaired) electrons. The molecule has 0 aromatic carbocycles. The zero-order valence-corrected chi connectivity index (χ0v) is 10.4. The Morgan fingerprint density at radius 2 is 2.19 bits per heavy atom. The minimum atomic E-state index is 0.682. The number of aromatic nitrogens is 1. The molecule has 90 valence electrons. The fraction of sp³-hybridized carbons (Fsp3) is 0.615. The van der Waals surface area contributed by atoms with Crippen molar-refractivity contribution < 1.29 is 0 Å². The molecule has 0 amide bonds. The number of unbranched alkanes of at least 4 members (excludes halogenated alkanes) is 2. The lowest BCUT2D eigenvalue weighted by molar-refractivity contribution is 0.699. The first kappa shape index (κ1) is 13.0. The van der Waals surface area contributed by atoms with Crippen molar-refractivity contribution in [3.8, 4) is 0 Å². The van der Waals surface area contributed by atoms with Gasteiger partial charge in [0.15, 0.2) is 0 Å². The van der Waals surface area contributed by atoms with Crippen LogP contribution in [0.15, 0.2) is 18.3 Å². The quantitative estimate of drug-likeness (QED) is 0.718. The van der Waals surface area contributed by atoms with E-state index in [1.807, 2.05) is 12.3 Å². The van der Waals surface area contributed by atoms with Crippen molar-refractivity contribution in [1.29, 1.82) is 0 Å². The zero-order chi connectivity index (χ0) is 11.8. The van der Waals surface area contributed by atoms with E-state index in [4.69, 9.17) is 5.73 Å². The van der Waals surface area contributed by atoms with E-state index < -0.39 is 0 Å². The van der Waals surface area contributed by atoms with Crippen molar-refractivity contribution >= 4 is 5.82 Å². The first-order valence-electron chi connectivity index (χ1n) is 6.14. The van der Waals surface area contributed by atoms with E-state index >= 15 is 0 Å². The van der Waals surface area contributed by atoms with Gasteiger partial charge >= 0.3 is 0 Å². The van der Waals surface area contributed by atoms with Crippen molar-refractivity contribution in [2.75, 3.05) is 25.0 Å². The number of nitrogens with two attached hydrogens (primary N) is 1. The Hall–Kier alpha value is -1.09. The molecule has 0 atom stereocenters. The molecule has 1 aromatic rings. The molecule has 3 nitrogen and oxygen atoms in total. The third kappa shape index (κ3) is 3.81. The molecule has 0 saturated heterocycles. The van der Waals surface area contributed by atoms with Gasteiger partial charge in [0.25, 0.3) is 0 Å². The lowest BCUT2D eigenvalue weighted by Crippen LogP contribution is -2.21. The molecule has 0 saturated carbocycles. The van der Waals surface area contributed by atoms with Gasteiger partial charge in [-0.25, -0.2) is 4.98 Å². The summed E-state index contributed by atoms with van der Waals surface area (Å²) in [6.45, 7) is 3.98. The average Bonchev–Trinajstić information content (AvgIpc) is 2.30. The molecule has 0 spiro atoms.